The monoisotopic (exact) mass is 304 g/mol. The maximum Gasteiger partial charge on any atom is 0.319 e. The van der Waals surface area contributed by atoms with Crippen molar-refractivity contribution in [1.82, 2.24) is 5.32 Å². The van der Waals surface area contributed by atoms with Crippen LogP contribution in [0.25, 0.3) is 0 Å². The molecule has 0 bridgehead atoms. The van der Waals surface area contributed by atoms with Crippen LogP contribution in [0, 0.1) is 5.92 Å². The number of benzene rings is 1. The Hall–Kier alpha value is -1.46. The van der Waals surface area contributed by atoms with Crippen LogP contribution in [-0.4, -0.2) is 23.7 Å². The van der Waals surface area contributed by atoms with Gasteiger partial charge in [0.05, 0.1) is 16.0 Å². The third-order valence-corrected chi connectivity index (χ3v) is 3.27. The van der Waals surface area contributed by atoms with Crippen molar-refractivity contribution >= 4 is 40.9 Å². The fourth-order valence-corrected chi connectivity index (χ4v) is 1.67. The van der Waals surface area contributed by atoms with Gasteiger partial charge in [0.25, 0.3) is 0 Å². The Kier molecular flexibility index (Phi) is 5.92. The van der Waals surface area contributed by atoms with Gasteiger partial charge in [-0.2, -0.15) is 0 Å². The molecule has 1 aromatic carbocycles. The van der Waals surface area contributed by atoms with E-state index in [1.165, 1.54) is 6.07 Å². The van der Waals surface area contributed by atoms with E-state index in [0.29, 0.717) is 22.2 Å². The lowest BCUT2D eigenvalue weighted by molar-refractivity contribution is -0.141. The van der Waals surface area contributed by atoms with Crippen molar-refractivity contribution in [3.63, 3.8) is 0 Å². The maximum absolute atomic E-state index is 11.6. The number of halogens is 2. The van der Waals surface area contributed by atoms with Crippen LogP contribution in [0.4, 0.5) is 10.5 Å². The molecule has 1 atom stereocenters. The molecule has 1 rings (SSSR count). The topological polar surface area (TPSA) is 78.4 Å². The van der Waals surface area contributed by atoms with Crippen LogP contribution in [0.5, 0.6) is 0 Å². The number of carbonyl (C=O) groups is 2. The Morgan fingerprint density at radius 2 is 2.00 bits per heavy atom. The second kappa shape index (κ2) is 7.21. The lowest BCUT2D eigenvalue weighted by atomic mass is 10.1. The van der Waals surface area contributed by atoms with E-state index in [0.717, 1.165) is 0 Å². The Morgan fingerprint density at radius 3 is 2.53 bits per heavy atom. The zero-order chi connectivity index (χ0) is 14.4. The van der Waals surface area contributed by atoms with Crippen LogP contribution < -0.4 is 10.6 Å². The maximum atomic E-state index is 11.6. The molecule has 0 aliphatic rings. The average molecular weight is 305 g/mol. The van der Waals surface area contributed by atoms with Gasteiger partial charge in [-0.3, -0.25) is 4.79 Å². The molecule has 0 saturated heterocycles. The molecule has 0 aliphatic carbocycles. The van der Waals surface area contributed by atoms with Gasteiger partial charge in [0.2, 0.25) is 0 Å². The number of nitrogens with one attached hydrogen (secondary N) is 2. The number of hydrogen-bond acceptors (Lipinski definition) is 2. The van der Waals surface area contributed by atoms with Gasteiger partial charge in [-0.1, -0.05) is 30.1 Å². The molecule has 0 aliphatic heterocycles. The van der Waals surface area contributed by atoms with Crippen LogP contribution >= 0.6 is 23.2 Å². The summed E-state index contributed by atoms with van der Waals surface area (Å²) in [7, 11) is 0. The van der Waals surface area contributed by atoms with Gasteiger partial charge in [0.1, 0.15) is 0 Å². The van der Waals surface area contributed by atoms with Crippen LogP contribution in [0.3, 0.4) is 0 Å². The number of carboxylic acid groups (broad SMARTS) is 1. The van der Waals surface area contributed by atoms with E-state index in [1.54, 1.807) is 19.1 Å². The van der Waals surface area contributed by atoms with E-state index in [2.05, 4.69) is 10.6 Å². The van der Waals surface area contributed by atoms with Crippen molar-refractivity contribution in [2.45, 2.75) is 13.3 Å². The molecule has 0 heterocycles. The van der Waals surface area contributed by atoms with Gasteiger partial charge in [-0.25, -0.2) is 4.79 Å². The Balaban J connectivity index is 2.51. The lowest BCUT2D eigenvalue weighted by Crippen LogP contribution is -2.35. The molecule has 1 unspecified atom stereocenters. The quantitative estimate of drug-likeness (QED) is 0.781. The molecule has 0 saturated carbocycles. The molecule has 0 aromatic heterocycles. The molecule has 7 heteroatoms. The number of aliphatic carboxylic acids is 1. The molecule has 0 fully saturated rings. The van der Waals surface area contributed by atoms with Crippen molar-refractivity contribution in [2.75, 3.05) is 11.9 Å². The second-order valence-electron chi connectivity index (χ2n) is 3.91. The molecule has 0 radical (unpaired) electrons. The number of amides is 2. The predicted octanol–water partition coefficient (Wildman–Crippen LogP) is 3.23. The smallest absolute Gasteiger partial charge is 0.319 e. The zero-order valence-electron chi connectivity index (χ0n) is 10.2. The highest BCUT2D eigenvalue weighted by molar-refractivity contribution is 6.42. The molecule has 3 N–H and O–H groups in total. The summed E-state index contributed by atoms with van der Waals surface area (Å²) >= 11 is 11.6. The number of rotatable bonds is 5. The highest BCUT2D eigenvalue weighted by atomic mass is 35.5. The minimum absolute atomic E-state index is 0.0684. The molecule has 104 valence electrons. The molecule has 1 aromatic rings. The van der Waals surface area contributed by atoms with E-state index in [1.807, 2.05) is 0 Å². The Labute approximate surface area is 120 Å². The number of carbonyl (C=O) groups excluding carboxylic acids is 1. The molecule has 19 heavy (non-hydrogen) atoms. The van der Waals surface area contributed by atoms with Gasteiger partial charge in [-0.15, -0.1) is 0 Å². The summed E-state index contributed by atoms with van der Waals surface area (Å²) in [5, 5.41) is 14.6. The molecular formula is C12H14Cl2N2O3. The highest BCUT2D eigenvalue weighted by Crippen LogP contribution is 2.24. The normalized spacial score (nSPS) is 11.7. The first kappa shape index (κ1) is 15.6. The largest absolute Gasteiger partial charge is 0.481 e. The van der Waals surface area contributed by atoms with E-state index in [9.17, 15) is 9.59 Å². The number of anilines is 1. The van der Waals surface area contributed by atoms with Gasteiger partial charge in [0, 0.05) is 12.2 Å². The van der Waals surface area contributed by atoms with Crippen LogP contribution in [0.1, 0.15) is 13.3 Å². The van der Waals surface area contributed by atoms with E-state index < -0.39 is 17.9 Å². The van der Waals surface area contributed by atoms with E-state index >= 15 is 0 Å². The predicted molar refractivity (Wildman–Crippen MR) is 74.9 cm³/mol. The summed E-state index contributed by atoms with van der Waals surface area (Å²) < 4.78 is 0. The Morgan fingerprint density at radius 1 is 1.32 bits per heavy atom. The van der Waals surface area contributed by atoms with Crippen molar-refractivity contribution in [1.29, 1.82) is 0 Å². The van der Waals surface area contributed by atoms with Crippen LogP contribution in [0.2, 0.25) is 10.0 Å². The van der Waals surface area contributed by atoms with Crippen molar-refractivity contribution in [3.8, 4) is 0 Å². The third kappa shape index (κ3) is 4.96. The van der Waals surface area contributed by atoms with Crippen molar-refractivity contribution < 1.29 is 14.7 Å². The minimum atomic E-state index is -0.933. The standard InChI is InChI=1S/C12H14Cl2N2O3/c1-2-7(11(17)18)6-15-12(19)16-8-3-4-9(13)10(14)5-8/h3-5,7H,2,6H2,1H3,(H,17,18)(H2,15,16,19). The zero-order valence-corrected chi connectivity index (χ0v) is 11.8. The third-order valence-electron chi connectivity index (χ3n) is 2.53. The first-order chi connectivity index (χ1) is 8.93. The fourth-order valence-electron chi connectivity index (χ4n) is 1.37. The molecule has 0 spiro atoms. The molecule has 5 nitrogen and oxygen atoms in total. The number of carboxylic acids is 1. The summed E-state index contributed by atoms with van der Waals surface area (Å²) in [6, 6.07) is 4.18. The van der Waals surface area contributed by atoms with Gasteiger partial charge >= 0.3 is 12.0 Å². The van der Waals surface area contributed by atoms with Crippen LogP contribution in [0.15, 0.2) is 18.2 Å². The summed E-state index contributed by atoms with van der Waals surface area (Å²) in [6.45, 7) is 1.82. The number of hydrogen-bond donors (Lipinski definition) is 3. The first-order valence-corrected chi connectivity index (χ1v) is 6.42. The summed E-state index contributed by atoms with van der Waals surface area (Å²) in [5.41, 5.74) is 0.482. The van der Waals surface area contributed by atoms with Gasteiger partial charge in [-0.05, 0) is 24.6 Å². The van der Waals surface area contributed by atoms with E-state index in [-0.39, 0.29) is 6.54 Å². The minimum Gasteiger partial charge on any atom is -0.481 e. The first-order valence-electron chi connectivity index (χ1n) is 5.66. The van der Waals surface area contributed by atoms with Crippen LogP contribution in [-0.2, 0) is 4.79 Å². The van der Waals surface area contributed by atoms with E-state index in [4.69, 9.17) is 28.3 Å². The fraction of sp³-hybridized carbons (Fsp3) is 0.333. The SMILES string of the molecule is CCC(CNC(=O)Nc1ccc(Cl)c(Cl)c1)C(=O)O. The number of urea groups is 1. The summed E-state index contributed by atoms with van der Waals surface area (Å²) in [5.74, 6) is -1.53. The second-order valence-corrected chi connectivity index (χ2v) is 4.72. The molecule has 2 amide bonds. The summed E-state index contributed by atoms with van der Waals surface area (Å²) in [6.07, 6.45) is 0.447. The van der Waals surface area contributed by atoms with Gasteiger partial charge < -0.3 is 15.7 Å². The van der Waals surface area contributed by atoms with Crippen molar-refractivity contribution in [2.24, 2.45) is 5.92 Å². The lowest BCUT2D eigenvalue weighted by Gasteiger charge is -2.12. The van der Waals surface area contributed by atoms with Crippen molar-refractivity contribution in [3.05, 3.63) is 28.2 Å². The Bertz CT molecular complexity index is 480. The summed E-state index contributed by atoms with van der Waals surface area (Å²) in [4.78, 5) is 22.3. The highest BCUT2D eigenvalue weighted by Gasteiger charge is 2.15. The van der Waals surface area contributed by atoms with Gasteiger partial charge in [0.15, 0.2) is 0 Å². The average Bonchev–Trinajstić information content (AvgIpc) is 2.34. The molecular weight excluding hydrogens is 291 g/mol.